The van der Waals surface area contributed by atoms with Crippen molar-refractivity contribution < 1.29 is 27.5 Å². The third kappa shape index (κ3) is 6.23. The first kappa shape index (κ1) is 23.5. The molecule has 1 aromatic heterocycles. The SMILES string of the molecule is O=C(Nc1ccc(-c2ccccc2)cc1)c1ccc(OC(F)(F)F)c(C(=O)Nc2ccncc2)c1. The fourth-order valence-electron chi connectivity index (χ4n) is 3.28. The zero-order chi connectivity index (χ0) is 24.8. The number of nitrogens with one attached hydrogen (secondary N) is 2. The summed E-state index contributed by atoms with van der Waals surface area (Å²) in [5.41, 5.74) is 2.28. The number of hydrogen-bond acceptors (Lipinski definition) is 4. The van der Waals surface area contributed by atoms with Crippen molar-refractivity contribution >= 4 is 23.2 Å². The molecule has 0 aliphatic carbocycles. The van der Waals surface area contributed by atoms with Gasteiger partial charge in [-0.2, -0.15) is 0 Å². The largest absolute Gasteiger partial charge is 0.573 e. The minimum atomic E-state index is -5.02. The summed E-state index contributed by atoms with van der Waals surface area (Å²) in [7, 11) is 0. The van der Waals surface area contributed by atoms with Gasteiger partial charge in [0.2, 0.25) is 0 Å². The molecule has 0 aliphatic rings. The van der Waals surface area contributed by atoms with Crippen LogP contribution in [0, 0.1) is 0 Å². The first-order chi connectivity index (χ1) is 16.8. The van der Waals surface area contributed by atoms with Gasteiger partial charge in [0.05, 0.1) is 5.56 Å². The average Bonchev–Trinajstić information content (AvgIpc) is 2.85. The van der Waals surface area contributed by atoms with Crippen molar-refractivity contribution in [2.75, 3.05) is 10.6 Å². The van der Waals surface area contributed by atoms with Gasteiger partial charge in [-0.25, -0.2) is 0 Å². The minimum absolute atomic E-state index is 0.0217. The van der Waals surface area contributed by atoms with E-state index in [-0.39, 0.29) is 5.56 Å². The molecule has 3 aromatic carbocycles. The summed E-state index contributed by atoms with van der Waals surface area (Å²) in [5.74, 6) is -2.21. The highest BCUT2D eigenvalue weighted by molar-refractivity contribution is 6.10. The van der Waals surface area contributed by atoms with E-state index in [2.05, 4.69) is 20.4 Å². The van der Waals surface area contributed by atoms with Crippen molar-refractivity contribution in [3.05, 3.63) is 108 Å². The van der Waals surface area contributed by atoms with Crippen LogP contribution in [0.4, 0.5) is 24.5 Å². The van der Waals surface area contributed by atoms with Gasteiger partial charge >= 0.3 is 6.36 Å². The van der Waals surface area contributed by atoms with Gasteiger partial charge in [-0.15, -0.1) is 13.2 Å². The van der Waals surface area contributed by atoms with Gasteiger partial charge in [-0.3, -0.25) is 14.6 Å². The Morgan fingerprint density at radius 2 is 1.31 bits per heavy atom. The molecule has 0 fully saturated rings. The van der Waals surface area contributed by atoms with Crippen molar-refractivity contribution in [1.82, 2.24) is 4.98 Å². The molecule has 0 saturated carbocycles. The Hall–Kier alpha value is -4.66. The van der Waals surface area contributed by atoms with Crippen LogP contribution in [0.2, 0.25) is 0 Å². The summed E-state index contributed by atoms with van der Waals surface area (Å²) in [4.78, 5) is 29.3. The van der Waals surface area contributed by atoms with E-state index in [1.165, 1.54) is 24.5 Å². The number of ether oxygens (including phenoxy) is 1. The standard InChI is InChI=1S/C26H18F3N3O3/c27-26(28,29)35-23-11-8-19(16-22(23)25(34)32-21-12-14-30-15-13-21)24(33)31-20-9-6-18(7-10-20)17-4-2-1-3-5-17/h1-16H,(H,31,33)(H,30,32,34). The van der Waals surface area contributed by atoms with Crippen LogP contribution in [0.5, 0.6) is 5.75 Å². The predicted molar refractivity (Wildman–Crippen MR) is 125 cm³/mol. The molecule has 0 spiro atoms. The molecule has 0 unspecified atom stereocenters. The van der Waals surface area contributed by atoms with Crippen molar-refractivity contribution in [2.45, 2.75) is 6.36 Å². The predicted octanol–water partition coefficient (Wildman–Crippen LogP) is 6.15. The van der Waals surface area contributed by atoms with Crippen LogP contribution in [0.3, 0.4) is 0 Å². The second-order valence-corrected chi connectivity index (χ2v) is 7.35. The topological polar surface area (TPSA) is 80.3 Å². The summed E-state index contributed by atoms with van der Waals surface area (Å²) in [6.45, 7) is 0. The van der Waals surface area contributed by atoms with Gasteiger partial charge in [0.15, 0.2) is 0 Å². The summed E-state index contributed by atoms with van der Waals surface area (Å²) >= 11 is 0. The first-order valence-electron chi connectivity index (χ1n) is 10.4. The molecule has 176 valence electrons. The quantitative estimate of drug-likeness (QED) is 0.349. The van der Waals surface area contributed by atoms with Gasteiger partial charge < -0.3 is 15.4 Å². The van der Waals surface area contributed by atoms with Gasteiger partial charge in [0.25, 0.3) is 11.8 Å². The van der Waals surface area contributed by atoms with Crippen LogP contribution in [0.1, 0.15) is 20.7 Å². The maximum Gasteiger partial charge on any atom is 0.573 e. The second-order valence-electron chi connectivity index (χ2n) is 7.35. The molecule has 0 saturated heterocycles. The van der Waals surface area contributed by atoms with Crippen molar-refractivity contribution in [1.29, 1.82) is 0 Å². The van der Waals surface area contributed by atoms with E-state index in [1.54, 1.807) is 12.1 Å². The van der Waals surface area contributed by atoms with Crippen LogP contribution in [0.25, 0.3) is 11.1 Å². The molecule has 4 aromatic rings. The van der Waals surface area contributed by atoms with Crippen LogP contribution in [-0.4, -0.2) is 23.2 Å². The van der Waals surface area contributed by atoms with E-state index in [0.717, 1.165) is 29.3 Å². The van der Waals surface area contributed by atoms with E-state index < -0.39 is 29.5 Å². The Morgan fingerprint density at radius 1 is 0.714 bits per heavy atom. The Bertz CT molecular complexity index is 1330. The number of pyridine rings is 1. The minimum Gasteiger partial charge on any atom is -0.405 e. The molecule has 0 bridgehead atoms. The Labute approximate surface area is 198 Å². The first-order valence-corrected chi connectivity index (χ1v) is 10.4. The van der Waals surface area contributed by atoms with Gasteiger partial charge in [-0.05, 0) is 53.6 Å². The summed E-state index contributed by atoms with van der Waals surface area (Å²) < 4.78 is 42.6. The molecule has 2 N–H and O–H groups in total. The fraction of sp³-hybridized carbons (Fsp3) is 0.0385. The summed E-state index contributed by atoms with van der Waals surface area (Å²) in [5, 5.41) is 5.14. The highest BCUT2D eigenvalue weighted by Crippen LogP contribution is 2.29. The normalized spacial score (nSPS) is 10.9. The maximum atomic E-state index is 12.9. The van der Waals surface area contributed by atoms with Gasteiger partial charge in [0.1, 0.15) is 5.75 Å². The Balaban J connectivity index is 1.56. The highest BCUT2D eigenvalue weighted by atomic mass is 19.4. The molecule has 35 heavy (non-hydrogen) atoms. The van der Waals surface area contributed by atoms with E-state index in [1.807, 2.05) is 42.5 Å². The number of benzene rings is 3. The van der Waals surface area contributed by atoms with E-state index in [0.29, 0.717) is 11.4 Å². The molecule has 0 aliphatic heterocycles. The number of halogens is 3. The van der Waals surface area contributed by atoms with Crippen molar-refractivity contribution in [3.8, 4) is 16.9 Å². The molecule has 9 heteroatoms. The van der Waals surface area contributed by atoms with Crippen molar-refractivity contribution in [3.63, 3.8) is 0 Å². The molecule has 1 heterocycles. The highest BCUT2D eigenvalue weighted by Gasteiger charge is 2.33. The number of hydrogen-bond donors (Lipinski definition) is 2. The lowest BCUT2D eigenvalue weighted by Crippen LogP contribution is -2.22. The lowest BCUT2D eigenvalue weighted by molar-refractivity contribution is -0.274. The summed E-state index contributed by atoms with van der Waals surface area (Å²) in [6, 6.07) is 22.8. The number of anilines is 2. The van der Waals surface area contributed by atoms with Crippen LogP contribution < -0.4 is 15.4 Å². The number of carbonyl (C=O) groups excluding carboxylic acids is 2. The smallest absolute Gasteiger partial charge is 0.405 e. The van der Waals surface area contributed by atoms with E-state index in [4.69, 9.17) is 0 Å². The lowest BCUT2D eigenvalue weighted by Gasteiger charge is -2.15. The third-order valence-corrected chi connectivity index (χ3v) is 4.90. The molecule has 4 rings (SSSR count). The molecule has 0 atom stereocenters. The Morgan fingerprint density at radius 3 is 1.97 bits per heavy atom. The zero-order valence-corrected chi connectivity index (χ0v) is 18.0. The monoisotopic (exact) mass is 477 g/mol. The number of nitrogens with zero attached hydrogens (tertiary/aromatic N) is 1. The molecule has 0 radical (unpaired) electrons. The third-order valence-electron chi connectivity index (χ3n) is 4.90. The number of carbonyl (C=O) groups is 2. The number of aromatic nitrogens is 1. The van der Waals surface area contributed by atoms with E-state index >= 15 is 0 Å². The molecule has 2 amide bonds. The molecule has 6 nitrogen and oxygen atoms in total. The zero-order valence-electron chi connectivity index (χ0n) is 18.0. The lowest BCUT2D eigenvalue weighted by atomic mass is 10.1. The second kappa shape index (κ2) is 10.1. The maximum absolute atomic E-state index is 12.9. The number of alkyl halides is 3. The van der Waals surface area contributed by atoms with Crippen LogP contribution >= 0.6 is 0 Å². The fourth-order valence-corrected chi connectivity index (χ4v) is 3.28. The van der Waals surface area contributed by atoms with Crippen LogP contribution in [-0.2, 0) is 0 Å². The number of amides is 2. The molecular weight excluding hydrogens is 459 g/mol. The Kier molecular flexibility index (Phi) is 6.77. The summed E-state index contributed by atoms with van der Waals surface area (Å²) in [6.07, 6.45) is -2.19. The number of rotatable bonds is 6. The van der Waals surface area contributed by atoms with Crippen LogP contribution in [0.15, 0.2) is 97.3 Å². The molecular formula is C26H18F3N3O3. The van der Waals surface area contributed by atoms with Crippen molar-refractivity contribution in [2.24, 2.45) is 0 Å². The van der Waals surface area contributed by atoms with Gasteiger partial charge in [-0.1, -0.05) is 42.5 Å². The average molecular weight is 477 g/mol. The van der Waals surface area contributed by atoms with Gasteiger partial charge in [0, 0.05) is 29.3 Å². The van der Waals surface area contributed by atoms with E-state index in [9.17, 15) is 22.8 Å².